The van der Waals surface area contributed by atoms with E-state index in [1.54, 1.807) is 0 Å². The van der Waals surface area contributed by atoms with Crippen LogP contribution >= 0.6 is 0 Å². The highest BCUT2D eigenvalue weighted by Crippen LogP contribution is 2.39. The molecule has 3 aliphatic rings. The first-order valence-electron chi connectivity index (χ1n) is 10.7. The van der Waals surface area contributed by atoms with E-state index in [1.165, 1.54) is 54.6 Å². The lowest BCUT2D eigenvalue weighted by molar-refractivity contribution is 0.285. The number of hydrogen-bond donors (Lipinski definition) is 2. The summed E-state index contributed by atoms with van der Waals surface area (Å²) in [5, 5.41) is 7.36. The van der Waals surface area contributed by atoms with Crippen LogP contribution in [0.3, 0.4) is 0 Å². The van der Waals surface area contributed by atoms with Crippen LogP contribution in [-0.2, 0) is 5.41 Å². The summed E-state index contributed by atoms with van der Waals surface area (Å²) in [6.07, 6.45) is 18.9. The summed E-state index contributed by atoms with van der Waals surface area (Å²) >= 11 is 0. The topological polar surface area (TPSA) is 24.1 Å². The van der Waals surface area contributed by atoms with Gasteiger partial charge in [-0.3, -0.25) is 0 Å². The number of hydrogen-bond acceptors (Lipinski definition) is 2. The number of dihydropyridines is 1. The molecule has 1 aromatic rings. The molecule has 1 saturated carbocycles. The van der Waals surface area contributed by atoms with E-state index in [0.717, 1.165) is 19.5 Å². The molecule has 2 heteroatoms. The smallest absolute Gasteiger partial charge is 0.107 e. The van der Waals surface area contributed by atoms with Gasteiger partial charge in [0.1, 0.15) is 5.82 Å². The SMILES string of the molecule is C1=CC2=CCNC(NCC3(c4ccccc4)CCCCC3)=C2C=CC1.CC.[HH]. The fourth-order valence-corrected chi connectivity index (χ4v) is 4.41. The van der Waals surface area contributed by atoms with Gasteiger partial charge in [0.15, 0.2) is 0 Å². The van der Waals surface area contributed by atoms with E-state index in [9.17, 15) is 0 Å². The molecule has 1 aliphatic heterocycles. The molecule has 0 aromatic heterocycles. The van der Waals surface area contributed by atoms with Crippen LogP contribution in [0.4, 0.5) is 0 Å². The predicted molar refractivity (Wildman–Crippen MR) is 119 cm³/mol. The Morgan fingerprint density at radius 1 is 1.00 bits per heavy atom. The lowest BCUT2D eigenvalue weighted by Crippen LogP contribution is -2.43. The maximum absolute atomic E-state index is 3.80. The average Bonchev–Trinajstić information content (AvgIpc) is 3.01. The van der Waals surface area contributed by atoms with Crippen LogP contribution in [0.15, 0.2) is 77.7 Å². The Bertz CT molecular complexity index is 722. The maximum atomic E-state index is 3.80. The molecule has 2 aliphatic carbocycles. The van der Waals surface area contributed by atoms with Crippen LogP contribution < -0.4 is 10.6 Å². The van der Waals surface area contributed by atoms with Gasteiger partial charge in [-0.1, -0.05) is 93.8 Å². The molecule has 0 atom stereocenters. The van der Waals surface area contributed by atoms with E-state index in [-0.39, 0.29) is 6.84 Å². The second kappa shape index (κ2) is 9.64. The molecule has 2 N–H and O–H groups in total. The molecule has 0 spiro atoms. The van der Waals surface area contributed by atoms with Crippen molar-refractivity contribution in [3.63, 3.8) is 0 Å². The van der Waals surface area contributed by atoms with Crippen molar-refractivity contribution in [1.29, 1.82) is 0 Å². The highest BCUT2D eigenvalue weighted by Gasteiger charge is 2.34. The molecule has 0 radical (unpaired) electrons. The molecule has 0 unspecified atom stereocenters. The fourth-order valence-electron chi connectivity index (χ4n) is 4.41. The molecule has 2 nitrogen and oxygen atoms in total. The van der Waals surface area contributed by atoms with Gasteiger partial charge in [0, 0.05) is 25.5 Å². The minimum Gasteiger partial charge on any atom is -0.370 e. The van der Waals surface area contributed by atoms with Crippen LogP contribution in [0.2, 0.25) is 0 Å². The number of nitrogens with one attached hydrogen (secondary N) is 2. The largest absolute Gasteiger partial charge is 0.370 e. The summed E-state index contributed by atoms with van der Waals surface area (Å²) in [4.78, 5) is 0. The molecular weight excluding hydrogens is 328 g/mol. The molecule has 146 valence electrons. The summed E-state index contributed by atoms with van der Waals surface area (Å²) in [6.45, 7) is 5.91. The Balaban J connectivity index is 0.000000906. The summed E-state index contributed by atoms with van der Waals surface area (Å²) in [7, 11) is 0. The first kappa shape index (κ1) is 19.5. The summed E-state index contributed by atoms with van der Waals surface area (Å²) < 4.78 is 0. The molecule has 27 heavy (non-hydrogen) atoms. The van der Waals surface area contributed by atoms with Gasteiger partial charge in [-0.15, -0.1) is 0 Å². The number of fused-ring (bicyclic) bond motifs is 1. The van der Waals surface area contributed by atoms with Crippen LogP contribution in [0, 0.1) is 0 Å². The van der Waals surface area contributed by atoms with Crippen molar-refractivity contribution in [3.05, 3.63) is 83.2 Å². The van der Waals surface area contributed by atoms with Crippen molar-refractivity contribution in [3.8, 4) is 0 Å². The van der Waals surface area contributed by atoms with Crippen molar-refractivity contribution < 1.29 is 1.43 Å². The zero-order valence-corrected chi connectivity index (χ0v) is 16.9. The Labute approximate surface area is 166 Å². The van der Waals surface area contributed by atoms with Gasteiger partial charge in [-0.2, -0.15) is 0 Å². The maximum Gasteiger partial charge on any atom is 0.107 e. The van der Waals surface area contributed by atoms with Crippen LogP contribution in [0.25, 0.3) is 0 Å². The van der Waals surface area contributed by atoms with Crippen LogP contribution in [0.1, 0.15) is 59.4 Å². The lowest BCUT2D eigenvalue weighted by atomic mass is 9.69. The minimum absolute atomic E-state index is 0. The van der Waals surface area contributed by atoms with Crippen molar-refractivity contribution in [1.82, 2.24) is 10.6 Å². The second-order valence-electron chi connectivity index (χ2n) is 7.43. The minimum atomic E-state index is 0. The highest BCUT2D eigenvalue weighted by molar-refractivity contribution is 5.52. The van der Waals surface area contributed by atoms with Gasteiger partial charge in [-0.25, -0.2) is 0 Å². The van der Waals surface area contributed by atoms with E-state index in [2.05, 4.69) is 71.3 Å². The number of rotatable bonds is 4. The highest BCUT2D eigenvalue weighted by atomic mass is 15.1. The molecule has 4 rings (SSSR count). The lowest BCUT2D eigenvalue weighted by Gasteiger charge is -2.39. The van der Waals surface area contributed by atoms with Crippen LogP contribution in [-0.4, -0.2) is 13.1 Å². The monoisotopic (exact) mass is 364 g/mol. The second-order valence-corrected chi connectivity index (χ2v) is 7.43. The quantitative estimate of drug-likeness (QED) is 0.684. The third-order valence-electron chi connectivity index (χ3n) is 5.84. The Morgan fingerprint density at radius 2 is 1.74 bits per heavy atom. The van der Waals surface area contributed by atoms with Gasteiger partial charge >= 0.3 is 0 Å². The zero-order chi connectivity index (χ0) is 19.0. The van der Waals surface area contributed by atoms with E-state index >= 15 is 0 Å². The zero-order valence-electron chi connectivity index (χ0n) is 16.9. The van der Waals surface area contributed by atoms with Gasteiger partial charge in [0.25, 0.3) is 0 Å². The average molecular weight is 365 g/mol. The third kappa shape index (κ3) is 4.55. The van der Waals surface area contributed by atoms with Gasteiger partial charge in [0.2, 0.25) is 0 Å². The molecular formula is C25H36N2. The molecule has 0 saturated heterocycles. The summed E-state index contributed by atoms with van der Waals surface area (Å²) in [6, 6.07) is 11.1. The van der Waals surface area contributed by atoms with Crippen LogP contribution in [0.5, 0.6) is 0 Å². The van der Waals surface area contributed by atoms with E-state index < -0.39 is 0 Å². The molecule has 1 aromatic carbocycles. The predicted octanol–water partition coefficient (Wildman–Crippen LogP) is 6.01. The van der Waals surface area contributed by atoms with E-state index in [1.807, 2.05) is 13.8 Å². The van der Waals surface area contributed by atoms with Gasteiger partial charge in [-0.05, 0) is 30.4 Å². The van der Waals surface area contributed by atoms with Gasteiger partial charge < -0.3 is 10.6 Å². The van der Waals surface area contributed by atoms with E-state index in [0.29, 0.717) is 0 Å². The standard InChI is InChI=1S/C23H28N2.C2H6.H2/c1-4-10-19-14-17-24-22(21(19)13-7-1)25-18-23(15-8-3-9-16-23)20-11-5-2-6-12-20;1-2;/h2,4-7,10-14,24-25H,1,3,8-9,15-18H2;1-2H3;1H. The molecule has 1 fully saturated rings. The van der Waals surface area contributed by atoms with Crippen molar-refractivity contribution in [2.75, 3.05) is 13.1 Å². The Hall–Kier alpha value is -2.22. The first-order valence-corrected chi connectivity index (χ1v) is 10.7. The Kier molecular flexibility index (Phi) is 6.98. The summed E-state index contributed by atoms with van der Waals surface area (Å²) in [5.41, 5.74) is 4.41. The normalized spacial score (nSPS) is 20.4. The number of benzene rings is 1. The number of allylic oxidation sites excluding steroid dienone is 6. The van der Waals surface area contributed by atoms with E-state index in [4.69, 9.17) is 0 Å². The first-order chi connectivity index (χ1) is 13.4. The molecule has 0 amide bonds. The van der Waals surface area contributed by atoms with Crippen molar-refractivity contribution in [2.24, 2.45) is 0 Å². The third-order valence-corrected chi connectivity index (χ3v) is 5.84. The molecule has 1 heterocycles. The van der Waals surface area contributed by atoms with Crippen molar-refractivity contribution >= 4 is 0 Å². The van der Waals surface area contributed by atoms with Gasteiger partial charge in [0.05, 0.1) is 0 Å². The summed E-state index contributed by atoms with van der Waals surface area (Å²) in [5.74, 6) is 1.20. The Morgan fingerprint density at radius 3 is 2.52 bits per heavy atom. The molecule has 0 bridgehead atoms. The van der Waals surface area contributed by atoms with Crippen molar-refractivity contribution in [2.45, 2.75) is 57.8 Å². The fraction of sp³-hybridized carbons (Fsp3) is 0.440.